The van der Waals surface area contributed by atoms with Crippen molar-refractivity contribution in [1.82, 2.24) is 10.2 Å². The number of nitrogens with one attached hydrogen (secondary N) is 2. The number of rotatable bonds is 7. The van der Waals surface area contributed by atoms with Crippen molar-refractivity contribution in [2.75, 3.05) is 43.5 Å². The molecule has 0 aromatic heterocycles. The molecule has 8 heteroatoms. The van der Waals surface area contributed by atoms with E-state index in [0.29, 0.717) is 12.5 Å². The zero-order chi connectivity index (χ0) is 19.7. The highest BCUT2D eigenvalue weighted by Crippen LogP contribution is 2.34. The number of carboxylic acids is 1. The number of amides is 2. The molecule has 0 atom stereocenters. The van der Waals surface area contributed by atoms with Gasteiger partial charge in [0.1, 0.15) is 12.4 Å². The van der Waals surface area contributed by atoms with Crippen LogP contribution in [0.5, 0.6) is 5.75 Å². The Labute approximate surface area is 164 Å². The molecule has 0 radical (unpaired) electrons. The highest BCUT2D eigenvalue weighted by molar-refractivity contribution is 5.90. The molecular formula is C20H28N4O4. The molecule has 0 unspecified atom stereocenters. The fourth-order valence-corrected chi connectivity index (χ4v) is 3.93. The van der Waals surface area contributed by atoms with Crippen LogP contribution in [-0.4, -0.2) is 67.4 Å². The second kappa shape index (κ2) is 7.87. The molecule has 1 aromatic carbocycles. The monoisotopic (exact) mass is 388 g/mol. The van der Waals surface area contributed by atoms with Gasteiger partial charge in [0.15, 0.2) is 0 Å². The number of anilines is 2. The minimum absolute atomic E-state index is 0.0872. The SMILES string of the molecule is CN1CCOc2ccc(NC(=O)NC3CC(N(CC(=O)O)CC4CC4)C3)cc21. The minimum atomic E-state index is -0.781. The molecule has 2 aliphatic carbocycles. The van der Waals surface area contributed by atoms with E-state index in [0.717, 1.165) is 43.1 Å². The molecule has 0 bridgehead atoms. The van der Waals surface area contributed by atoms with Gasteiger partial charge < -0.3 is 25.4 Å². The van der Waals surface area contributed by atoms with Gasteiger partial charge in [-0.05, 0) is 49.8 Å². The molecular weight excluding hydrogens is 360 g/mol. The number of fused-ring (bicyclic) bond motifs is 1. The van der Waals surface area contributed by atoms with E-state index >= 15 is 0 Å². The van der Waals surface area contributed by atoms with Crippen molar-refractivity contribution in [1.29, 1.82) is 0 Å². The Hall–Kier alpha value is -2.48. The van der Waals surface area contributed by atoms with Crippen LogP contribution in [0.4, 0.5) is 16.2 Å². The van der Waals surface area contributed by atoms with Crippen molar-refractivity contribution >= 4 is 23.4 Å². The number of benzene rings is 1. The van der Waals surface area contributed by atoms with Crippen molar-refractivity contribution in [2.24, 2.45) is 5.92 Å². The van der Waals surface area contributed by atoms with Crippen molar-refractivity contribution in [3.05, 3.63) is 18.2 Å². The van der Waals surface area contributed by atoms with Crippen molar-refractivity contribution in [3.8, 4) is 5.75 Å². The molecule has 3 aliphatic rings. The normalized spacial score (nSPS) is 23.4. The summed E-state index contributed by atoms with van der Waals surface area (Å²) in [4.78, 5) is 27.6. The van der Waals surface area contributed by atoms with E-state index in [9.17, 15) is 9.59 Å². The van der Waals surface area contributed by atoms with Crippen LogP contribution in [0, 0.1) is 5.92 Å². The van der Waals surface area contributed by atoms with Gasteiger partial charge in [-0.3, -0.25) is 9.69 Å². The molecule has 152 valence electrons. The summed E-state index contributed by atoms with van der Waals surface area (Å²) < 4.78 is 5.62. The van der Waals surface area contributed by atoms with E-state index < -0.39 is 5.97 Å². The van der Waals surface area contributed by atoms with Gasteiger partial charge in [0, 0.05) is 31.4 Å². The minimum Gasteiger partial charge on any atom is -0.490 e. The fraction of sp³-hybridized carbons (Fsp3) is 0.600. The smallest absolute Gasteiger partial charge is 0.319 e. The van der Waals surface area contributed by atoms with Crippen LogP contribution in [0.2, 0.25) is 0 Å². The molecule has 0 saturated heterocycles. The lowest BCUT2D eigenvalue weighted by Crippen LogP contribution is -2.55. The first kappa shape index (κ1) is 18.9. The number of urea groups is 1. The summed E-state index contributed by atoms with van der Waals surface area (Å²) in [7, 11) is 2.00. The number of ether oxygens (including phenoxy) is 1. The summed E-state index contributed by atoms with van der Waals surface area (Å²) in [5, 5.41) is 15.0. The van der Waals surface area contributed by atoms with Crippen molar-refractivity contribution < 1.29 is 19.4 Å². The third kappa shape index (κ3) is 4.49. The third-order valence-electron chi connectivity index (χ3n) is 5.81. The second-order valence-corrected chi connectivity index (χ2v) is 8.14. The van der Waals surface area contributed by atoms with Gasteiger partial charge in [0.25, 0.3) is 0 Å². The van der Waals surface area contributed by atoms with Crippen LogP contribution in [0.25, 0.3) is 0 Å². The lowest BCUT2D eigenvalue weighted by Gasteiger charge is -2.42. The number of carbonyl (C=O) groups is 2. The quantitative estimate of drug-likeness (QED) is 0.661. The Morgan fingerprint density at radius 2 is 2.11 bits per heavy atom. The van der Waals surface area contributed by atoms with Crippen molar-refractivity contribution in [3.63, 3.8) is 0 Å². The van der Waals surface area contributed by atoms with Crippen LogP contribution in [0.1, 0.15) is 25.7 Å². The Morgan fingerprint density at radius 1 is 1.32 bits per heavy atom. The van der Waals surface area contributed by atoms with Gasteiger partial charge in [-0.2, -0.15) is 0 Å². The van der Waals surface area contributed by atoms with Gasteiger partial charge in [0.2, 0.25) is 0 Å². The average Bonchev–Trinajstić information content (AvgIpc) is 3.41. The van der Waals surface area contributed by atoms with Gasteiger partial charge >= 0.3 is 12.0 Å². The highest BCUT2D eigenvalue weighted by atomic mass is 16.5. The average molecular weight is 388 g/mol. The first-order valence-electron chi connectivity index (χ1n) is 9.99. The molecule has 1 aliphatic heterocycles. The van der Waals surface area contributed by atoms with E-state index in [1.165, 1.54) is 12.8 Å². The Kier molecular flexibility index (Phi) is 5.30. The number of likely N-dealkylation sites (N-methyl/N-ethyl adjacent to an activating group) is 1. The predicted molar refractivity (Wildman–Crippen MR) is 106 cm³/mol. The summed E-state index contributed by atoms with van der Waals surface area (Å²) in [5.41, 5.74) is 1.70. The standard InChI is InChI=1S/C20H28N4O4/c1-23-6-7-28-18-5-4-14(10-17(18)23)21-20(27)22-15-8-16(9-15)24(12-19(25)26)11-13-2-3-13/h4-5,10,13,15-16H,2-3,6-9,11-12H2,1H3,(H,25,26)(H2,21,22,27). The van der Waals surface area contributed by atoms with Gasteiger partial charge in [-0.1, -0.05) is 0 Å². The molecule has 2 amide bonds. The van der Waals surface area contributed by atoms with Crippen LogP contribution in [0.3, 0.4) is 0 Å². The molecule has 1 aromatic rings. The number of hydrogen-bond donors (Lipinski definition) is 3. The number of aliphatic carboxylic acids is 1. The summed E-state index contributed by atoms with van der Waals surface area (Å²) in [6, 6.07) is 5.74. The van der Waals surface area contributed by atoms with Gasteiger partial charge in [0.05, 0.1) is 18.8 Å². The molecule has 8 nitrogen and oxygen atoms in total. The number of nitrogens with zero attached hydrogens (tertiary/aromatic N) is 2. The van der Waals surface area contributed by atoms with E-state index in [1.54, 1.807) is 0 Å². The second-order valence-electron chi connectivity index (χ2n) is 8.14. The van der Waals surface area contributed by atoms with Gasteiger partial charge in [-0.15, -0.1) is 0 Å². The van der Waals surface area contributed by atoms with E-state index in [4.69, 9.17) is 9.84 Å². The molecule has 2 saturated carbocycles. The molecule has 0 spiro atoms. The Balaban J connectivity index is 1.26. The zero-order valence-electron chi connectivity index (χ0n) is 16.2. The van der Waals surface area contributed by atoms with Crippen LogP contribution >= 0.6 is 0 Å². The predicted octanol–water partition coefficient (Wildman–Crippen LogP) is 1.96. The van der Waals surface area contributed by atoms with E-state index in [2.05, 4.69) is 20.4 Å². The molecule has 1 heterocycles. The largest absolute Gasteiger partial charge is 0.490 e. The Morgan fingerprint density at radius 3 is 2.82 bits per heavy atom. The summed E-state index contributed by atoms with van der Waals surface area (Å²) in [5.74, 6) is 0.702. The maximum atomic E-state index is 12.3. The van der Waals surface area contributed by atoms with Gasteiger partial charge in [-0.25, -0.2) is 4.79 Å². The van der Waals surface area contributed by atoms with E-state index in [-0.39, 0.29) is 24.7 Å². The lowest BCUT2D eigenvalue weighted by molar-refractivity contribution is -0.139. The van der Waals surface area contributed by atoms with Crippen molar-refractivity contribution in [2.45, 2.75) is 37.8 Å². The molecule has 3 N–H and O–H groups in total. The number of carbonyl (C=O) groups excluding carboxylic acids is 1. The Bertz CT molecular complexity index is 746. The van der Waals surface area contributed by atoms with Crippen LogP contribution < -0.4 is 20.3 Å². The van der Waals surface area contributed by atoms with E-state index in [1.807, 2.05) is 25.2 Å². The number of hydrogen-bond acceptors (Lipinski definition) is 5. The lowest BCUT2D eigenvalue weighted by atomic mass is 9.85. The maximum Gasteiger partial charge on any atom is 0.319 e. The highest BCUT2D eigenvalue weighted by Gasteiger charge is 2.37. The molecule has 4 rings (SSSR count). The summed E-state index contributed by atoms with van der Waals surface area (Å²) in [6.45, 7) is 2.43. The first-order chi connectivity index (χ1) is 13.5. The fourth-order valence-electron chi connectivity index (χ4n) is 3.93. The molecule has 28 heavy (non-hydrogen) atoms. The zero-order valence-corrected chi connectivity index (χ0v) is 16.2. The molecule has 2 fully saturated rings. The number of carboxylic acid groups (broad SMARTS) is 1. The first-order valence-corrected chi connectivity index (χ1v) is 9.99. The summed E-state index contributed by atoms with van der Waals surface area (Å²) >= 11 is 0. The summed E-state index contributed by atoms with van der Waals surface area (Å²) in [6.07, 6.45) is 4.00. The maximum absolute atomic E-state index is 12.3. The topological polar surface area (TPSA) is 94.1 Å². The van der Waals surface area contributed by atoms with Crippen LogP contribution in [-0.2, 0) is 4.79 Å². The third-order valence-corrected chi connectivity index (χ3v) is 5.81. The van der Waals surface area contributed by atoms with Crippen LogP contribution in [0.15, 0.2) is 18.2 Å².